The van der Waals surface area contributed by atoms with Gasteiger partial charge >= 0.3 is 0 Å². The number of hydrogen-bond acceptors (Lipinski definition) is 6. The van der Waals surface area contributed by atoms with Crippen molar-refractivity contribution in [3.63, 3.8) is 0 Å². The zero-order chi connectivity index (χ0) is 17.1. The summed E-state index contributed by atoms with van der Waals surface area (Å²) in [6.45, 7) is 3.07. The van der Waals surface area contributed by atoms with Gasteiger partial charge in [0.15, 0.2) is 0 Å². The normalized spacial score (nSPS) is 14.4. The molecule has 0 saturated carbocycles. The van der Waals surface area contributed by atoms with Crippen LogP contribution in [-0.2, 0) is 0 Å². The number of nitriles is 1. The summed E-state index contributed by atoms with van der Waals surface area (Å²) in [5.41, 5.74) is 1.16. The van der Waals surface area contributed by atoms with Crippen molar-refractivity contribution in [2.45, 2.75) is 0 Å². The average molecular weight is 326 g/mol. The van der Waals surface area contributed by atoms with E-state index in [9.17, 15) is 9.65 Å². The molecular weight excluding hydrogens is 307 g/mol. The molecule has 0 amide bonds. The molecule has 0 atom stereocenters. The number of rotatable bonds is 3. The molecule has 3 rings (SSSR count). The van der Waals surface area contributed by atoms with Crippen LogP contribution in [0.25, 0.3) is 0 Å². The number of halogens is 1. The molecule has 0 radical (unpaired) electrons. The Morgan fingerprint density at radius 2 is 1.83 bits per heavy atom. The highest BCUT2D eigenvalue weighted by molar-refractivity contribution is 5.60. The van der Waals surface area contributed by atoms with Crippen molar-refractivity contribution in [1.82, 2.24) is 9.97 Å². The Labute approximate surface area is 140 Å². The predicted octanol–water partition coefficient (Wildman–Crippen LogP) is 1.88. The number of benzene rings is 1. The molecule has 24 heavy (non-hydrogen) atoms. The Morgan fingerprint density at radius 3 is 2.50 bits per heavy atom. The summed E-state index contributed by atoms with van der Waals surface area (Å²) in [4.78, 5) is 15.0. The molecule has 2 aromatic rings. The number of piperazine rings is 1. The van der Waals surface area contributed by atoms with Gasteiger partial charge in [0, 0.05) is 46.5 Å². The lowest BCUT2D eigenvalue weighted by atomic mass is 10.1. The van der Waals surface area contributed by atoms with Gasteiger partial charge in [0.2, 0.25) is 5.95 Å². The summed E-state index contributed by atoms with van der Waals surface area (Å²) in [7, 11) is 3.82. The van der Waals surface area contributed by atoms with Crippen LogP contribution in [0.15, 0.2) is 30.5 Å². The fraction of sp³-hybridized carbons (Fsp3) is 0.353. The molecule has 1 fully saturated rings. The highest BCUT2D eigenvalue weighted by Gasteiger charge is 2.21. The Kier molecular flexibility index (Phi) is 4.47. The van der Waals surface area contributed by atoms with Crippen LogP contribution >= 0.6 is 0 Å². The molecule has 1 aliphatic rings. The summed E-state index contributed by atoms with van der Waals surface area (Å²) < 4.78 is 13.3. The van der Waals surface area contributed by atoms with Crippen molar-refractivity contribution in [2.75, 3.05) is 55.0 Å². The van der Waals surface area contributed by atoms with E-state index in [-0.39, 0.29) is 5.82 Å². The molecule has 0 N–H and O–H groups in total. The fourth-order valence-corrected chi connectivity index (χ4v) is 2.78. The second-order valence-corrected chi connectivity index (χ2v) is 5.86. The first-order chi connectivity index (χ1) is 11.6. The minimum Gasteiger partial charge on any atom is -0.367 e. The van der Waals surface area contributed by atoms with Crippen molar-refractivity contribution < 1.29 is 4.39 Å². The lowest BCUT2D eigenvalue weighted by molar-refractivity contribution is 0.623. The fourth-order valence-electron chi connectivity index (χ4n) is 2.78. The van der Waals surface area contributed by atoms with E-state index in [4.69, 9.17) is 0 Å². The van der Waals surface area contributed by atoms with E-state index < -0.39 is 0 Å². The van der Waals surface area contributed by atoms with Gasteiger partial charge in [-0.15, -0.1) is 0 Å². The van der Waals surface area contributed by atoms with Crippen LogP contribution in [0, 0.1) is 17.1 Å². The molecule has 1 saturated heterocycles. The Morgan fingerprint density at radius 1 is 1.12 bits per heavy atom. The number of hydrogen-bond donors (Lipinski definition) is 0. The van der Waals surface area contributed by atoms with Crippen LogP contribution in [-0.4, -0.2) is 50.2 Å². The minimum absolute atomic E-state index is 0.375. The molecule has 0 bridgehead atoms. The molecule has 124 valence electrons. The van der Waals surface area contributed by atoms with Gasteiger partial charge in [-0.3, -0.25) is 0 Å². The van der Waals surface area contributed by atoms with Gasteiger partial charge in [0.05, 0.1) is 11.3 Å². The van der Waals surface area contributed by atoms with E-state index in [0.29, 0.717) is 11.5 Å². The molecule has 1 aromatic heterocycles. The maximum Gasteiger partial charge on any atom is 0.226 e. The standard InChI is InChI=1S/C17H19FN6/c1-22(2)17-20-6-5-16(21-17)24-9-7-23(8-10-24)15-4-3-14(18)11-13(15)12-19/h3-6,11H,7-10H2,1-2H3. The molecule has 0 unspecified atom stereocenters. The summed E-state index contributed by atoms with van der Waals surface area (Å²) in [5.74, 6) is 1.19. The second kappa shape index (κ2) is 6.71. The average Bonchev–Trinajstić information content (AvgIpc) is 2.62. The predicted molar refractivity (Wildman–Crippen MR) is 91.9 cm³/mol. The first-order valence-electron chi connectivity index (χ1n) is 7.78. The van der Waals surface area contributed by atoms with Crippen LogP contribution in [0.5, 0.6) is 0 Å². The van der Waals surface area contributed by atoms with Gasteiger partial charge < -0.3 is 14.7 Å². The molecule has 0 aliphatic carbocycles. The molecule has 1 aromatic carbocycles. The van der Waals surface area contributed by atoms with Gasteiger partial charge in [0.1, 0.15) is 17.7 Å². The lowest BCUT2D eigenvalue weighted by Gasteiger charge is -2.37. The van der Waals surface area contributed by atoms with Crippen LogP contribution in [0.3, 0.4) is 0 Å². The molecular formula is C17H19FN6. The van der Waals surface area contributed by atoms with Crippen molar-refractivity contribution in [3.8, 4) is 6.07 Å². The van der Waals surface area contributed by atoms with Crippen LogP contribution in [0.1, 0.15) is 5.56 Å². The van der Waals surface area contributed by atoms with Gasteiger partial charge in [0.25, 0.3) is 0 Å². The summed E-state index contributed by atoms with van der Waals surface area (Å²) in [6.07, 6.45) is 1.76. The van der Waals surface area contributed by atoms with Crippen LogP contribution < -0.4 is 14.7 Å². The van der Waals surface area contributed by atoms with Gasteiger partial charge in [-0.2, -0.15) is 10.2 Å². The number of aromatic nitrogens is 2. The highest BCUT2D eigenvalue weighted by atomic mass is 19.1. The smallest absolute Gasteiger partial charge is 0.226 e. The maximum atomic E-state index is 13.3. The monoisotopic (exact) mass is 326 g/mol. The molecule has 0 spiro atoms. The van der Waals surface area contributed by atoms with Crippen molar-refractivity contribution in [1.29, 1.82) is 5.26 Å². The summed E-state index contributed by atoms with van der Waals surface area (Å²) >= 11 is 0. The third kappa shape index (κ3) is 3.23. The molecule has 1 aliphatic heterocycles. The quantitative estimate of drug-likeness (QED) is 0.858. The zero-order valence-corrected chi connectivity index (χ0v) is 13.8. The van der Waals surface area contributed by atoms with Crippen molar-refractivity contribution in [2.24, 2.45) is 0 Å². The first-order valence-corrected chi connectivity index (χ1v) is 7.78. The van der Waals surface area contributed by atoms with E-state index >= 15 is 0 Å². The largest absolute Gasteiger partial charge is 0.367 e. The van der Waals surface area contributed by atoms with Gasteiger partial charge in [-0.05, 0) is 24.3 Å². The van der Waals surface area contributed by atoms with E-state index in [1.807, 2.05) is 25.1 Å². The summed E-state index contributed by atoms with van der Waals surface area (Å²) in [5, 5.41) is 9.21. The third-order valence-electron chi connectivity index (χ3n) is 4.05. The Bertz CT molecular complexity index is 762. The Balaban J connectivity index is 1.72. The molecule has 7 heteroatoms. The van der Waals surface area contributed by atoms with E-state index in [2.05, 4.69) is 25.8 Å². The van der Waals surface area contributed by atoms with Crippen molar-refractivity contribution >= 4 is 17.5 Å². The van der Waals surface area contributed by atoms with E-state index in [0.717, 1.165) is 37.7 Å². The zero-order valence-electron chi connectivity index (χ0n) is 13.8. The van der Waals surface area contributed by atoms with Crippen LogP contribution in [0.2, 0.25) is 0 Å². The maximum absolute atomic E-state index is 13.3. The Hall–Kier alpha value is -2.88. The van der Waals surface area contributed by atoms with Gasteiger partial charge in [-0.1, -0.05) is 0 Å². The first kappa shape index (κ1) is 16.0. The SMILES string of the molecule is CN(C)c1nccc(N2CCN(c3ccc(F)cc3C#N)CC2)n1. The summed E-state index contributed by atoms with van der Waals surface area (Å²) in [6, 6.07) is 8.34. The second-order valence-electron chi connectivity index (χ2n) is 5.86. The number of nitrogens with zero attached hydrogens (tertiary/aromatic N) is 6. The molecule has 6 nitrogen and oxygen atoms in total. The van der Waals surface area contributed by atoms with E-state index in [1.54, 1.807) is 12.3 Å². The number of anilines is 3. The van der Waals surface area contributed by atoms with Crippen LogP contribution in [0.4, 0.5) is 21.8 Å². The molecule has 2 heterocycles. The van der Waals surface area contributed by atoms with Crippen molar-refractivity contribution in [3.05, 3.63) is 41.8 Å². The lowest BCUT2D eigenvalue weighted by Crippen LogP contribution is -2.47. The minimum atomic E-state index is -0.383. The third-order valence-corrected chi connectivity index (χ3v) is 4.05. The van der Waals surface area contributed by atoms with Gasteiger partial charge in [-0.25, -0.2) is 9.37 Å². The topological polar surface area (TPSA) is 59.3 Å². The van der Waals surface area contributed by atoms with E-state index in [1.165, 1.54) is 12.1 Å². The highest BCUT2D eigenvalue weighted by Crippen LogP contribution is 2.24.